The minimum absolute atomic E-state index is 0.108. The van der Waals surface area contributed by atoms with E-state index in [1.165, 1.54) is 6.07 Å². The number of para-hydroxylation sites is 1. The summed E-state index contributed by atoms with van der Waals surface area (Å²) in [5, 5.41) is 0.577. The number of hydrogen-bond donors (Lipinski definition) is 0. The highest BCUT2D eigenvalue weighted by atomic mass is 32.2. The van der Waals surface area contributed by atoms with Crippen molar-refractivity contribution >= 4 is 20.8 Å². The maximum atomic E-state index is 13.2. The summed E-state index contributed by atoms with van der Waals surface area (Å²) in [6.07, 6.45) is 1.11. The van der Waals surface area contributed by atoms with E-state index >= 15 is 0 Å². The Morgan fingerprint density at radius 3 is 2.73 bits per heavy atom. The van der Waals surface area contributed by atoms with Gasteiger partial charge < -0.3 is 4.42 Å². The molecule has 15 heavy (non-hydrogen) atoms. The molecule has 1 aromatic carbocycles. The van der Waals surface area contributed by atoms with E-state index in [-0.39, 0.29) is 17.1 Å². The van der Waals surface area contributed by atoms with Gasteiger partial charge in [0, 0.05) is 11.6 Å². The number of halogens is 1. The van der Waals surface area contributed by atoms with Gasteiger partial charge in [-0.05, 0) is 12.1 Å². The minimum atomic E-state index is -3.15. The zero-order chi connectivity index (χ0) is 11.1. The Labute approximate surface area is 86.4 Å². The lowest BCUT2D eigenvalue weighted by Crippen LogP contribution is -1.98. The fourth-order valence-corrected chi connectivity index (χ4v) is 2.07. The van der Waals surface area contributed by atoms with Gasteiger partial charge in [0.1, 0.15) is 11.5 Å². The maximum Gasteiger partial charge on any atom is 0.169 e. The Kier molecular flexibility index (Phi) is 2.26. The van der Waals surface area contributed by atoms with Gasteiger partial charge in [-0.2, -0.15) is 0 Å². The molecule has 3 nitrogen and oxygen atoms in total. The average Bonchev–Trinajstić information content (AvgIpc) is 2.45. The van der Waals surface area contributed by atoms with Gasteiger partial charge in [-0.15, -0.1) is 0 Å². The van der Waals surface area contributed by atoms with Crippen LogP contribution in [0.15, 0.2) is 28.7 Å². The van der Waals surface area contributed by atoms with Gasteiger partial charge in [-0.1, -0.05) is 12.1 Å². The smallest absolute Gasteiger partial charge is 0.169 e. The first-order valence-electron chi connectivity index (χ1n) is 4.30. The minimum Gasteiger partial charge on any atom is -0.457 e. The predicted molar refractivity (Wildman–Crippen MR) is 54.7 cm³/mol. The molecule has 0 aliphatic heterocycles. The lowest BCUT2D eigenvalue weighted by Gasteiger charge is -1.92. The highest BCUT2D eigenvalue weighted by molar-refractivity contribution is 7.89. The number of rotatable bonds is 2. The summed E-state index contributed by atoms with van der Waals surface area (Å²) in [5.41, 5.74) is 0.108. The van der Waals surface area contributed by atoms with Gasteiger partial charge in [0.05, 0.1) is 0 Å². The SMILES string of the molecule is CS(=O)(=O)Cc1cc2cccc(F)c2o1. The van der Waals surface area contributed by atoms with Crippen LogP contribution in [-0.2, 0) is 15.6 Å². The second-order valence-electron chi connectivity index (χ2n) is 3.44. The van der Waals surface area contributed by atoms with Gasteiger partial charge in [-0.25, -0.2) is 12.8 Å². The van der Waals surface area contributed by atoms with Crippen molar-refractivity contribution < 1.29 is 17.2 Å². The molecule has 1 heterocycles. The first kappa shape index (κ1) is 10.2. The summed E-state index contributed by atoms with van der Waals surface area (Å²) in [5.74, 6) is -0.425. The van der Waals surface area contributed by atoms with Gasteiger partial charge in [-0.3, -0.25) is 0 Å². The number of sulfone groups is 1. The molecule has 0 N–H and O–H groups in total. The average molecular weight is 228 g/mol. The van der Waals surface area contributed by atoms with Gasteiger partial charge in [0.2, 0.25) is 0 Å². The standard InChI is InChI=1S/C10H9FO3S/c1-15(12,13)6-8-5-7-3-2-4-9(11)10(7)14-8/h2-5H,6H2,1H3. The van der Waals surface area contributed by atoms with Crippen molar-refractivity contribution in [1.29, 1.82) is 0 Å². The lowest BCUT2D eigenvalue weighted by molar-refractivity contribution is 0.528. The normalized spacial score (nSPS) is 12.1. The fourth-order valence-electron chi connectivity index (χ4n) is 1.41. The van der Waals surface area contributed by atoms with Crippen LogP contribution in [0.1, 0.15) is 5.76 Å². The monoisotopic (exact) mass is 228 g/mol. The lowest BCUT2D eigenvalue weighted by atomic mass is 10.2. The van der Waals surface area contributed by atoms with Crippen LogP contribution in [0, 0.1) is 5.82 Å². The van der Waals surface area contributed by atoms with Crippen LogP contribution in [-0.4, -0.2) is 14.7 Å². The molecule has 0 aliphatic carbocycles. The van der Waals surface area contributed by atoms with E-state index in [1.54, 1.807) is 18.2 Å². The second-order valence-corrected chi connectivity index (χ2v) is 5.58. The number of fused-ring (bicyclic) bond motifs is 1. The largest absolute Gasteiger partial charge is 0.457 e. The Morgan fingerprint density at radius 2 is 2.13 bits per heavy atom. The third kappa shape index (κ3) is 2.18. The molecule has 0 atom stereocenters. The summed E-state index contributed by atoms with van der Waals surface area (Å²) in [6.45, 7) is 0. The Bertz CT molecular complexity index is 598. The van der Waals surface area contributed by atoms with Crippen molar-refractivity contribution in [2.75, 3.05) is 6.26 Å². The molecule has 0 saturated heterocycles. The molecule has 2 rings (SSSR count). The fraction of sp³-hybridized carbons (Fsp3) is 0.200. The first-order valence-corrected chi connectivity index (χ1v) is 6.36. The third-order valence-corrected chi connectivity index (χ3v) is 2.76. The first-order chi connectivity index (χ1) is 6.96. The molecule has 0 saturated carbocycles. The quantitative estimate of drug-likeness (QED) is 0.791. The third-order valence-electron chi connectivity index (χ3n) is 1.95. The van der Waals surface area contributed by atoms with Crippen LogP contribution in [0.25, 0.3) is 11.0 Å². The van der Waals surface area contributed by atoms with Crippen LogP contribution < -0.4 is 0 Å². The molecule has 0 amide bonds. The topological polar surface area (TPSA) is 47.3 Å². The van der Waals surface area contributed by atoms with Crippen molar-refractivity contribution in [2.45, 2.75) is 5.75 Å². The molecule has 0 aliphatic rings. The number of benzene rings is 1. The Hall–Kier alpha value is -1.36. The van der Waals surface area contributed by atoms with E-state index in [2.05, 4.69) is 0 Å². The molecule has 80 valence electrons. The molecule has 0 fully saturated rings. The van der Waals surface area contributed by atoms with Crippen molar-refractivity contribution in [1.82, 2.24) is 0 Å². The van der Waals surface area contributed by atoms with Gasteiger partial charge in [0.25, 0.3) is 0 Å². The van der Waals surface area contributed by atoms with Crippen LogP contribution in [0.2, 0.25) is 0 Å². The predicted octanol–water partition coefficient (Wildman–Crippen LogP) is 2.12. The summed E-state index contributed by atoms with van der Waals surface area (Å²) in [7, 11) is -3.15. The van der Waals surface area contributed by atoms with Crippen molar-refractivity contribution in [2.24, 2.45) is 0 Å². The van der Waals surface area contributed by atoms with Crippen LogP contribution >= 0.6 is 0 Å². The van der Waals surface area contributed by atoms with Crippen molar-refractivity contribution in [3.05, 3.63) is 35.8 Å². The maximum absolute atomic E-state index is 13.2. The molecule has 2 aromatic rings. The zero-order valence-electron chi connectivity index (χ0n) is 8.03. The number of hydrogen-bond acceptors (Lipinski definition) is 3. The summed E-state index contributed by atoms with van der Waals surface area (Å²) in [4.78, 5) is 0. The van der Waals surface area contributed by atoms with E-state index in [0.717, 1.165) is 6.26 Å². The molecule has 0 radical (unpaired) electrons. The van der Waals surface area contributed by atoms with E-state index in [9.17, 15) is 12.8 Å². The van der Waals surface area contributed by atoms with Crippen LogP contribution in [0.4, 0.5) is 4.39 Å². The molecule has 5 heteroatoms. The zero-order valence-corrected chi connectivity index (χ0v) is 8.84. The van der Waals surface area contributed by atoms with Gasteiger partial charge >= 0.3 is 0 Å². The molecule has 1 aromatic heterocycles. The summed E-state index contributed by atoms with van der Waals surface area (Å²) < 4.78 is 40.3. The van der Waals surface area contributed by atoms with E-state index in [1.807, 2.05) is 0 Å². The van der Waals surface area contributed by atoms with Crippen molar-refractivity contribution in [3.8, 4) is 0 Å². The van der Waals surface area contributed by atoms with E-state index in [0.29, 0.717) is 5.39 Å². The molecule has 0 unspecified atom stereocenters. The summed E-state index contributed by atoms with van der Waals surface area (Å²) in [6, 6.07) is 6.04. The van der Waals surface area contributed by atoms with Crippen LogP contribution in [0.5, 0.6) is 0 Å². The molecular formula is C10H9FO3S. The van der Waals surface area contributed by atoms with E-state index in [4.69, 9.17) is 4.42 Å². The molecule has 0 spiro atoms. The second kappa shape index (κ2) is 3.34. The molecule has 0 bridgehead atoms. The Morgan fingerprint density at radius 1 is 1.40 bits per heavy atom. The van der Waals surface area contributed by atoms with Crippen LogP contribution in [0.3, 0.4) is 0 Å². The van der Waals surface area contributed by atoms with Crippen molar-refractivity contribution in [3.63, 3.8) is 0 Å². The number of furan rings is 1. The van der Waals surface area contributed by atoms with E-state index < -0.39 is 15.7 Å². The Balaban J connectivity index is 2.53. The highest BCUT2D eigenvalue weighted by Crippen LogP contribution is 2.22. The highest BCUT2D eigenvalue weighted by Gasteiger charge is 2.12. The van der Waals surface area contributed by atoms with Gasteiger partial charge in [0.15, 0.2) is 21.2 Å². The molecular weight excluding hydrogens is 219 g/mol. The summed E-state index contributed by atoms with van der Waals surface area (Å²) >= 11 is 0.